The summed E-state index contributed by atoms with van der Waals surface area (Å²) in [6.07, 6.45) is 1.94. The summed E-state index contributed by atoms with van der Waals surface area (Å²) in [7, 11) is 0. The first-order valence-corrected chi connectivity index (χ1v) is 6.70. The van der Waals surface area contributed by atoms with Crippen LogP contribution < -0.4 is 5.32 Å². The number of benzene rings is 1. The Hall–Kier alpha value is -2.14. The lowest BCUT2D eigenvalue weighted by atomic mass is 10.2. The van der Waals surface area contributed by atoms with Gasteiger partial charge in [-0.15, -0.1) is 17.9 Å². The van der Waals surface area contributed by atoms with Gasteiger partial charge in [0.25, 0.3) is 0 Å². The van der Waals surface area contributed by atoms with Crippen molar-refractivity contribution in [3.63, 3.8) is 0 Å². The molecule has 98 valence electrons. The van der Waals surface area contributed by atoms with Crippen LogP contribution in [-0.4, -0.2) is 22.1 Å². The number of carboxylic acid groups (broad SMARTS) is 1. The van der Waals surface area contributed by atoms with E-state index in [1.54, 1.807) is 6.08 Å². The maximum atomic E-state index is 11.0. The van der Waals surface area contributed by atoms with Crippen molar-refractivity contribution in [2.75, 3.05) is 5.32 Å². The monoisotopic (exact) mass is 274 g/mol. The van der Waals surface area contributed by atoms with Gasteiger partial charge in [-0.3, -0.25) is 0 Å². The Kier molecular flexibility index (Phi) is 4.30. The normalized spacial score (nSPS) is 11.8. The van der Waals surface area contributed by atoms with Crippen molar-refractivity contribution in [2.24, 2.45) is 0 Å². The summed E-state index contributed by atoms with van der Waals surface area (Å²) >= 11 is 1.40. The molecule has 0 saturated heterocycles. The van der Waals surface area contributed by atoms with E-state index in [1.807, 2.05) is 35.7 Å². The van der Waals surface area contributed by atoms with Crippen LogP contribution in [0.1, 0.15) is 6.42 Å². The van der Waals surface area contributed by atoms with Crippen LogP contribution in [0.25, 0.3) is 11.3 Å². The number of aromatic nitrogens is 1. The number of hydrogen-bond acceptors (Lipinski definition) is 4. The third-order valence-electron chi connectivity index (χ3n) is 2.57. The smallest absolute Gasteiger partial charge is 0.326 e. The Morgan fingerprint density at radius 3 is 2.84 bits per heavy atom. The van der Waals surface area contributed by atoms with E-state index in [0.717, 1.165) is 11.3 Å². The molecule has 0 amide bonds. The molecule has 2 N–H and O–H groups in total. The molecule has 1 unspecified atom stereocenters. The molecular formula is C14H14N2O2S. The van der Waals surface area contributed by atoms with Crippen molar-refractivity contribution >= 4 is 22.4 Å². The molecule has 1 aromatic carbocycles. The number of rotatable bonds is 6. The second-order valence-corrected chi connectivity index (χ2v) is 4.82. The quantitative estimate of drug-likeness (QED) is 0.794. The number of thiazole rings is 1. The molecule has 2 aromatic rings. The van der Waals surface area contributed by atoms with Crippen LogP contribution in [0.4, 0.5) is 5.13 Å². The van der Waals surface area contributed by atoms with Crippen molar-refractivity contribution in [1.29, 1.82) is 0 Å². The predicted molar refractivity (Wildman–Crippen MR) is 77.4 cm³/mol. The van der Waals surface area contributed by atoms with Crippen molar-refractivity contribution in [2.45, 2.75) is 12.5 Å². The minimum absolute atomic E-state index is 0.357. The van der Waals surface area contributed by atoms with Gasteiger partial charge in [0, 0.05) is 10.9 Å². The van der Waals surface area contributed by atoms with Crippen LogP contribution in [0.5, 0.6) is 0 Å². The van der Waals surface area contributed by atoms with Gasteiger partial charge in [-0.2, -0.15) is 0 Å². The maximum absolute atomic E-state index is 11.0. The van der Waals surface area contributed by atoms with E-state index >= 15 is 0 Å². The highest BCUT2D eigenvalue weighted by atomic mass is 32.1. The standard InChI is InChI=1S/C14H14N2O2S/c1-2-6-11(13(17)18)15-14-16-12(9-19-14)10-7-4-3-5-8-10/h2-5,7-9,11H,1,6H2,(H,15,16)(H,17,18). The maximum Gasteiger partial charge on any atom is 0.326 e. The molecule has 0 radical (unpaired) electrons. The summed E-state index contributed by atoms with van der Waals surface area (Å²) in [5.74, 6) is -0.906. The Morgan fingerprint density at radius 2 is 2.21 bits per heavy atom. The Morgan fingerprint density at radius 1 is 1.47 bits per heavy atom. The van der Waals surface area contributed by atoms with E-state index in [1.165, 1.54) is 11.3 Å². The van der Waals surface area contributed by atoms with Crippen LogP contribution in [0, 0.1) is 0 Å². The molecule has 0 bridgehead atoms. The number of anilines is 1. The third kappa shape index (κ3) is 3.42. The zero-order chi connectivity index (χ0) is 13.7. The minimum atomic E-state index is -0.906. The summed E-state index contributed by atoms with van der Waals surface area (Å²) in [6, 6.07) is 9.08. The molecule has 1 atom stereocenters. The van der Waals surface area contributed by atoms with Gasteiger partial charge in [-0.25, -0.2) is 9.78 Å². The zero-order valence-corrected chi connectivity index (χ0v) is 11.1. The summed E-state index contributed by atoms with van der Waals surface area (Å²) in [5, 5.41) is 14.5. The Bertz CT molecular complexity index is 566. The van der Waals surface area contributed by atoms with Crippen LogP contribution in [0.15, 0.2) is 48.4 Å². The molecule has 0 aliphatic carbocycles. The SMILES string of the molecule is C=CCC(Nc1nc(-c2ccccc2)cs1)C(=O)O. The summed E-state index contributed by atoms with van der Waals surface area (Å²) in [4.78, 5) is 15.4. The molecule has 4 nitrogen and oxygen atoms in total. The summed E-state index contributed by atoms with van der Waals surface area (Å²) in [6.45, 7) is 3.56. The molecule has 0 saturated carbocycles. The average Bonchev–Trinajstić information content (AvgIpc) is 2.88. The lowest BCUT2D eigenvalue weighted by molar-refractivity contribution is -0.137. The Labute approximate surface area is 115 Å². The highest BCUT2D eigenvalue weighted by molar-refractivity contribution is 7.14. The molecule has 0 spiro atoms. The number of nitrogens with one attached hydrogen (secondary N) is 1. The van der Waals surface area contributed by atoms with Gasteiger partial charge in [0.1, 0.15) is 6.04 Å². The number of hydrogen-bond donors (Lipinski definition) is 2. The average molecular weight is 274 g/mol. The minimum Gasteiger partial charge on any atom is -0.480 e. The molecule has 19 heavy (non-hydrogen) atoms. The lowest BCUT2D eigenvalue weighted by Crippen LogP contribution is -2.28. The van der Waals surface area contributed by atoms with Gasteiger partial charge in [0.2, 0.25) is 0 Å². The number of nitrogens with zero attached hydrogens (tertiary/aromatic N) is 1. The van der Waals surface area contributed by atoms with Gasteiger partial charge < -0.3 is 10.4 Å². The van der Waals surface area contributed by atoms with E-state index in [-0.39, 0.29) is 0 Å². The third-order valence-corrected chi connectivity index (χ3v) is 3.35. The first-order chi connectivity index (χ1) is 9.20. The highest BCUT2D eigenvalue weighted by Crippen LogP contribution is 2.25. The molecule has 1 aromatic heterocycles. The molecule has 5 heteroatoms. The fourth-order valence-corrected chi connectivity index (χ4v) is 2.39. The van der Waals surface area contributed by atoms with Gasteiger partial charge in [-0.1, -0.05) is 36.4 Å². The highest BCUT2D eigenvalue weighted by Gasteiger charge is 2.16. The summed E-state index contributed by atoms with van der Waals surface area (Å²) in [5.41, 5.74) is 1.86. The van der Waals surface area contributed by atoms with E-state index in [0.29, 0.717) is 11.6 Å². The first-order valence-electron chi connectivity index (χ1n) is 5.82. The van der Waals surface area contributed by atoms with Gasteiger partial charge >= 0.3 is 5.97 Å². The molecule has 1 heterocycles. The number of aliphatic carboxylic acids is 1. The second-order valence-electron chi connectivity index (χ2n) is 3.96. The lowest BCUT2D eigenvalue weighted by Gasteiger charge is -2.10. The van der Waals surface area contributed by atoms with Crippen molar-refractivity contribution in [3.8, 4) is 11.3 Å². The van der Waals surface area contributed by atoms with Gasteiger partial charge in [-0.05, 0) is 6.42 Å². The molecule has 0 fully saturated rings. The van der Waals surface area contributed by atoms with Crippen molar-refractivity contribution < 1.29 is 9.90 Å². The molecular weight excluding hydrogens is 260 g/mol. The summed E-state index contributed by atoms with van der Waals surface area (Å²) < 4.78 is 0. The molecule has 0 aliphatic heterocycles. The Balaban J connectivity index is 2.13. The molecule has 0 aliphatic rings. The van der Waals surface area contributed by atoms with Crippen LogP contribution in [0.2, 0.25) is 0 Å². The van der Waals surface area contributed by atoms with Crippen LogP contribution in [0.3, 0.4) is 0 Å². The second kappa shape index (κ2) is 6.15. The van der Waals surface area contributed by atoms with E-state index in [9.17, 15) is 4.79 Å². The van der Waals surface area contributed by atoms with Crippen LogP contribution >= 0.6 is 11.3 Å². The van der Waals surface area contributed by atoms with E-state index in [2.05, 4.69) is 16.9 Å². The predicted octanol–water partition coefficient (Wildman–Crippen LogP) is 3.25. The fourth-order valence-electron chi connectivity index (χ4n) is 1.62. The van der Waals surface area contributed by atoms with Gasteiger partial charge in [0.15, 0.2) is 5.13 Å². The van der Waals surface area contributed by atoms with E-state index < -0.39 is 12.0 Å². The van der Waals surface area contributed by atoms with E-state index in [4.69, 9.17) is 5.11 Å². The topological polar surface area (TPSA) is 62.2 Å². The number of carboxylic acids is 1. The first kappa shape index (κ1) is 13.3. The largest absolute Gasteiger partial charge is 0.480 e. The zero-order valence-electron chi connectivity index (χ0n) is 10.2. The number of carbonyl (C=O) groups is 1. The van der Waals surface area contributed by atoms with Crippen molar-refractivity contribution in [1.82, 2.24) is 4.98 Å². The fraction of sp³-hybridized carbons (Fsp3) is 0.143. The van der Waals surface area contributed by atoms with Crippen molar-refractivity contribution in [3.05, 3.63) is 48.4 Å². The van der Waals surface area contributed by atoms with Gasteiger partial charge in [0.05, 0.1) is 5.69 Å². The molecule has 2 rings (SSSR count). The van der Waals surface area contributed by atoms with Crippen LogP contribution in [-0.2, 0) is 4.79 Å².